The number of piperazine rings is 1. The maximum absolute atomic E-state index is 12.8. The van der Waals surface area contributed by atoms with Crippen LogP contribution >= 0.6 is 11.6 Å². The van der Waals surface area contributed by atoms with Gasteiger partial charge in [-0.15, -0.1) is 10.2 Å². The molecule has 1 fully saturated rings. The summed E-state index contributed by atoms with van der Waals surface area (Å²) in [6, 6.07) is 1.55. The zero-order valence-electron chi connectivity index (χ0n) is 17.7. The summed E-state index contributed by atoms with van der Waals surface area (Å²) < 4.78 is 11.1. The highest BCUT2D eigenvalue weighted by Gasteiger charge is 2.41. The van der Waals surface area contributed by atoms with E-state index in [9.17, 15) is 9.59 Å². The summed E-state index contributed by atoms with van der Waals surface area (Å²) in [5, 5.41) is 8.28. The van der Waals surface area contributed by atoms with E-state index < -0.39 is 17.3 Å². The summed E-state index contributed by atoms with van der Waals surface area (Å²) in [5.41, 5.74) is -0.515. The number of hydrogen-bond acceptors (Lipinski definition) is 7. The maximum Gasteiger partial charge on any atom is 0.416 e. The molecule has 2 aliphatic rings. The first-order valence-electron chi connectivity index (χ1n) is 9.62. The van der Waals surface area contributed by atoms with Crippen LogP contribution in [-0.2, 0) is 9.47 Å². The van der Waals surface area contributed by atoms with Crippen molar-refractivity contribution >= 4 is 35.3 Å². The predicted molar refractivity (Wildman–Crippen MR) is 110 cm³/mol. The Bertz CT molecular complexity index is 805. The second kappa shape index (κ2) is 7.51. The van der Waals surface area contributed by atoms with Gasteiger partial charge in [0.1, 0.15) is 11.2 Å². The normalized spacial score (nSPS) is 19.4. The Hall–Kier alpha value is -2.29. The highest BCUT2D eigenvalue weighted by Crippen LogP contribution is 2.37. The number of carbonyl (C=O) groups is 2. The first-order chi connectivity index (χ1) is 13.3. The van der Waals surface area contributed by atoms with E-state index in [0.717, 1.165) is 0 Å². The molecule has 0 N–H and O–H groups in total. The number of rotatable bonds is 0. The summed E-state index contributed by atoms with van der Waals surface area (Å²) in [6.45, 7) is 12.7. The molecule has 1 unspecified atom stereocenters. The topological polar surface area (TPSA) is 88.1 Å². The van der Waals surface area contributed by atoms with E-state index >= 15 is 0 Å². The van der Waals surface area contributed by atoms with Crippen molar-refractivity contribution in [1.82, 2.24) is 15.1 Å². The molecule has 1 atom stereocenters. The number of carbonyl (C=O) groups excluding carboxylic acids is 2. The van der Waals surface area contributed by atoms with Crippen LogP contribution in [0.3, 0.4) is 0 Å². The first-order valence-corrected chi connectivity index (χ1v) is 10.0. The summed E-state index contributed by atoms with van der Waals surface area (Å²) in [6.07, 6.45) is -0.873. The molecule has 1 aromatic heterocycles. The van der Waals surface area contributed by atoms with Crippen molar-refractivity contribution in [2.75, 3.05) is 36.0 Å². The van der Waals surface area contributed by atoms with Crippen molar-refractivity contribution in [2.45, 2.75) is 58.8 Å². The van der Waals surface area contributed by atoms with Crippen LogP contribution in [0.15, 0.2) is 6.07 Å². The van der Waals surface area contributed by atoms with Crippen LogP contribution in [0.1, 0.15) is 41.5 Å². The van der Waals surface area contributed by atoms with Crippen molar-refractivity contribution in [3.63, 3.8) is 0 Å². The Morgan fingerprint density at radius 2 is 1.62 bits per heavy atom. The van der Waals surface area contributed by atoms with E-state index in [1.807, 2.05) is 20.8 Å². The quantitative estimate of drug-likeness (QED) is 0.630. The lowest BCUT2D eigenvalue weighted by atomic mass is 10.1. The van der Waals surface area contributed by atoms with Crippen LogP contribution in [0.2, 0.25) is 5.15 Å². The minimum atomic E-state index is -0.649. The third-order valence-corrected chi connectivity index (χ3v) is 4.62. The maximum atomic E-state index is 12.8. The molecular formula is C19H28ClN5O4. The molecule has 2 amide bonds. The molecule has 10 heteroatoms. The van der Waals surface area contributed by atoms with E-state index in [4.69, 9.17) is 21.1 Å². The molecule has 1 aromatic rings. The van der Waals surface area contributed by atoms with Gasteiger partial charge in [0.15, 0.2) is 11.0 Å². The zero-order valence-corrected chi connectivity index (χ0v) is 18.5. The van der Waals surface area contributed by atoms with Gasteiger partial charge in [-0.05, 0) is 41.5 Å². The van der Waals surface area contributed by atoms with Gasteiger partial charge in [0.2, 0.25) is 0 Å². The summed E-state index contributed by atoms with van der Waals surface area (Å²) in [4.78, 5) is 30.6. The van der Waals surface area contributed by atoms with Crippen LogP contribution in [0, 0.1) is 0 Å². The Morgan fingerprint density at radius 1 is 1.00 bits per heavy atom. The van der Waals surface area contributed by atoms with E-state index in [0.29, 0.717) is 37.7 Å². The van der Waals surface area contributed by atoms with Crippen molar-refractivity contribution in [3.05, 3.63) is 11.2 Å². The van der Waals surface area contributed by atoms with Crippen LogP contribution in [0.25, 0.3) is 0 Å². The van der Waals surface area contributed by atoms with Gasteiger partial charge in [-0.2, -0.15) is 0 Å². The first kappa shape index (κ1) is 21.4. The lowest BCUT2D eigenvalue weighted by Gasteiger charge is -2.47. The second-order valence-corrected chi connectivity index (χ2v) is 9.63. The average molecular weight is 426 g/mol. The molecule has 0 bridgehead atoms. The van der Waals surface area contributed by atoms with Crippen molar-refractivity contribution < 1.29 is 19.1 Å². The summed E-state index contributed by atoms with van der Waals surface area (Å²) >= 11 is 6.07. The van der Waals surface area contributed by atoms with E-state index in [2.05, 4.69) is 15.1 Å². The molecule has 0 aliphatic carbocycles. The SMILES string of the molecule is CC(C)(C)OC(=O)N1CCN2c3cc(Cl)nnc3N(C(=O)OC(C)(C)C)CC2C1. The number of halogens is 1. The Kier molecular flexibility index (Phi) is 5.55. The van der Waals surface area contributed by atoms with Crippen LogP contribution in [0.4, 0.5) is 21.1 Å². The highest BCUT2D eigenvalue weighted by molar-refractivity contribution is 6.29. The Labute approximate surface area is 175 Å². The van der Waals surface area contributed by atoms with Crippen LogP contribution in [-0.4, -0.2) is 70.7 Å². The molecule has 0 spiro atoms. The Balaban J connectivity index is 1.86. The van der Waals surface area contributed by atoms with Crippen molar-refractivity contribution in [1.29, 1.82) is 0 Å². The summed E-state index contributed by atoms with van der Waals surface area (Å²) in [5.74, 6) is 0.408. The molecule has 160 valence electrons. The molecule has 0 radical (unpaired) electrons. The number of ether oxygens (including phenoxy) is 2. The lowest BCUT2D eigenvalue weighted by molar-refractivity contribution is 0.0214. The van der Waals surface area contributed by atoms with Gasteiger partial charge in [-0.25, -0.2) is 9.59 Å². The molecule has 2 aliphatic heterocycles. The largest absolute Gasteiger partial charge is 0.444 e. The predicted octanol–water partition coefficient (Wildman–Crippen LogP) is 3.31. The lowest BCUT2D eigenvalue weighted by Crippen LogP contribution is -2.62. The molecule has 0 saturated carbocycles. The molecule has 1 saturated heterocycles. The molecular weight excluding hydrogens is 398 g/mol. The summed E-state index contributed by atoms with van der Waals surface area (Å²) in [7, 11) is 0. The van der Waals surface area contributed by atoms with E-state index in [-0.39, 0.29) is 17.3 Å². The van der Waals surface area contributed by atoms with Crippen LogP contribution in [0.5, 0.6) is 0 Å². The smallest absolute Gasteiger partial charge is 0.416 e. The second-order valence-electron chi connectivity index (χ2n) is 9.24. The standard InChI is InChI=1S/C19H28ClN5O4/c1-18(2,3)28-16(26)23-7-8-24-12(10-23)11-25(17(27)29-19(4,5)6)15-13(24)9-14(20)21-22-15/h9,12H,7-8,10-11H2,1-6H3. The number of aromatic nitrogens is 2. The van der Waals surface area contributed by atoms with Gasteiger partial charge in [0.05, 0.1) is 18.3 Å². The van der Waals surface area contributed by atoms with E-state index in [1.54, 1.807) is 31.7 Å². The number of nitrogens with zero attached hydrogens (tertiary/aromatic N) is 5. The Morgan fingerprint density at radius 3 is 2.24 bits per heavy atom. The number of fused-ring (bicyclic) bond motifs is 3. The third kappa shape index (κ3) is 5.01. The van der Waals surface area contributed by atoms with Gasteiger partial charge in [-0.3, -0.25) is 4.90 Å². The fourth-order valence-corrected chi connectivity index (χ4v) is 3.49. The fraction of sp³-hybridized carbons (Fsp3) is 0.684. The molecule has 29 heavy (non-hydrogen) atoms. The fourth-order valence-electron chi connectivity index (χ4n) is 3.35. The van der Waals surface area contributed by atoms with Crippen molar-refractivity contribution in [3.8, 4) is 0 Å². The van der Waals surface area contributed by atoms with Crippen molar-refractivity contribution in [2.24, 2.45) is 0 Å². The van der Waals surface area contributed by atoms with E-state index in [1.165, 1.54) is 4.90 Å². The highest BCUT2D eigenvalue weighted by atomic mass is 35.5. The van der Waals surface area contributed by atoms with Crippen LogP contribution < -0.4 is 9.80 Å². The zero-order chi connectivity index (χ0) is 21.6. The number of amides is 2. The van der Waals surface area contributed by atoms with Gasteiger partial charge in [0, 0.05) is 25.7 Å². The van der Waals surface area contributed by atoms with Gasteiger partial charge in [0.25, 0.3) is 0 Å². The minimum absolute atomic E-state index is 0.142. The third-order valence-electron chi connectivity index (χ3n) is 4.43. The number of hydrogen-bond donors (Lipinski definition) is 0. The molecule has 3 heterocycles. The van der Waals surface area contributed by atoms with Gasteiger partial charge in [-0.1, -0.05) is 11.6 Å². The van der Waals surface area contributed by atoms with Gasteiger partial charge < -0.3 is 19.3 Å². The minimum Gasteiger partial charge on any atom is -0.444 e. The molecule has 9 nitrogen and oxygen atoms in total. The molecule has 0 aromatic carbocycles. The van der Waals surface area contributed by atoms with Gasteiger partial charge >= 0.3 is 12.2 Å². The number of anilines is 2. The average Bonchev–Trinajstić information content (AvgIpc) is 2.57. The molecule has 3 rings (SSSR count). The monoisotopic (exact) mass is 425 g/mol.